The smallest absolute Gasteiger partial charge is 0.306 e. The Morgan fingerprint density at radius 2 is 1.87 bits per heavy atom. The van der Waals surface area contributed by atoms with Crippen LogP contribution in [0.1, 0.15) is 47.0 Å². The van der Waals surface area contributed by atoms with Gasteiger partial charge in [-0.2, -0.15) is 0 Å². The average Bonchev–Trinajstić information content (AvgIpc) is 2.42. The van der Waals surface area contributed by atoms with Crippen LogP contribution >= 0.6 is 7.37 Å². The normalized spacial score (nSPS) is 15.0. The first-order chi connectivity index (χ1) is 10.4. The Hall–Kier alpha value is -0.650. The van der Waals surface area contributed by atoms with Crippen LogP contribution in [-0.4, -0.2) is 44.7 Å². The van der Waals surface area contributed by atoms with Crippen LogP contribution in [0.25, 0.3) is 0 Å². The number of hydrogen-bond acceptors (Lipinski definition) is 6. The second-order valence-electron chi connectivity index (χ2n) is 6.32. The number of sulfone groups is 1. The predicted molar refractivity (Wildman–Crippen MR) is 92.6 cm³/mol. The van der Waals surface area contributed by atoms with E-state index in [0.717, 1.165) is 18.2 Å². The number of carbonyl (C=O) groups excluding carboxylic acids is 1. The molecule has 0 rings (SSSR count). The molecule has 0 radical (unpaired) electrons. The molecule has 0 spiro atoms. The second kappa shape index (κ2) is 9.60. The fourth-order valence-corrected chi connectivity index (χ4v) is 5.38. The molecule has 0 saturated heterocycles. The molecule has 0 heterocycles. The molecule has 8 heteroatoms. The first kappa shape index (κ1) is 22.4. The Morgan fingerprint density at radius 1 is 1.26 bits per heavy atom. The van der Waals surface area contributed by atoms with E-state index in [1.807, 2.05) is 6.92 Å². The zero-order valence-corrected chi connectivity index (χ0v) is 16.3. The van der Waals surface area contributed by atoms with Gasteiger partial charge >= 0.3 is 5.97 Å². The minimum atomic E-state index is -3.46. The zero-order valence-electron chi connectivity index (χ0n) is 14.5. The van der Waals surface area contributed by atoms with Crippen molar-refractivity contribution < 1.29 is 27.0 Å². The number of hydrogen-bond donors (Lipinski definition) is 0. The van der Waals surface area contributed by atoms with Gasteiger partial charge in [-0.05, 0) is 27.2 Å². The highest BCUT2D eigenvalue weighted by molar-refractivity contribution is 7.94. The minimum Gasteiger partial charge on any atom is -0.460 e. The third kappa shape index (κ3) is 11.5. The van der Waals surface area contributed by atoms with Crippen molar-refractivity contribution in [3.05, 3.63) is 12.0 Å². The number of carbonyl (C=O) groups is 1. The maximum atomic E-state index is 12.8. The SMILES string of the molecule is C=CS(=O)(=O)CC[P@](=O)(CCC(=O)OC(C)(C)C)OCCCC. The van der Waals surface area contributed by atoms with Crippen LogP contribution in [0.4, 0.5) is 0 Å². The predicted octanol–water partition coefficient (Wildman–Crippen LogP) is 3.37. The van der Waals surface area contributed by atoms with Crippen molar-refractivity contribution in [1.29, 1.82) is 0 Å². The first-order valence-corrected chi connectivity index (χ1v) is 11.4. The van der Waals surface area contributed by atoms with Crippen molar-refractivity contribution in [3.8, 4) is 0 Å². The highest BCUT2D eigenvalue weighted by Gasteiger charge is 2.27. The lowest BCUT2D eigenvalue weighted by molar-refractivity contribution is -0.154. The molecule has 136 valence electrons. The van der Waals surface area contributed by atoms with E-state index in [4.69, 9.17) is 9.26 Å². The van der Waals surface area contributed by atoms with Crippen molar-refractivity contribution in [1.82, 2.24) is 0 Å². The van der Waals surface area contributed by atoms with Crippen LogP contribution < -0.4 is 0 Å². The van der Waals surface area contributed by atoms with Gasteiger partial charge in [-0.25, -0.2) is 8.42 Å². The van der Waals surface area contributed by atoms with E-state index in [1.165, 1.54) is 0 Å². The summed E-state index contributed by atoms with van der Waals surface area (Å²) in [6.07, 6.45) is 1.41. The van der Waals surface area contributed by atoms with E-state index < -0.39 is 28.8 Å². The summed E-state index contributed by atoms with van der Waals surface area (Å²) in [5.41, 5.74) is -0.615. The summed E-state index contributed by atoms with van der Waals surface area (Å²) in [6.45, 7) is 10.7. The largest absolute Gasteiger partial charge is 0.460 e. The van der Waals surface area contributed by atoms with Crippen molar-refractivity contribution in [2.24, 2.45) is 0 Å². The molecule has 0 amide bonds. The van der Waals surface area contributed by atoms with Gasteiger partial charge in [0, 0.05) is 17.7 Å². The van der Waals surface area contributed by atoms with Gasteiger partial charge in [0.2, 0.25) is 7.37 Å². The van der Waals surface area contributed by atoms with E-state index in [1.54, 1.807) is 20.8 Å². The summed E-state index contributed by atoms with van der Waals surface area (Å²) >= 11 is 0. The van der Waals surface area contributed by atoms with Crippen molar-refractivity contribution in [2.75, 3.05) is 24.7 Å². The molecule has 0 aliphatic heterocycles. The van der Waals surface area contributed by atoms with Gasteiger partial charge in [-0.15, -0.1) is 0 Å². The molecular weight excluding hydrogens is 339 g/mol. The molecule has 0 aromatic carbocycles. The monoisotopic (exact) mass is 368 g/mol. The summed E-state index contributed by atoms with van der Waals surface area (Å²) in [5.74, 6) is -0.766. The van der Waals surface area contributed by atoms with Gasteiger partial charge in [0.25, 0.3) is 0 Å². The van der Waals surface area contributed by atoms with Gasteiger partial charge in [-0.1, -0.05) is 19.9 Å². The van der Waals surface area contributed by atoms with Gasteiger partial charge in [0.1, 0.15) is 5.60 Å². The molecule has 0 fully saturated rings. The molecule has 23 heavy (non-hydrogen) atoms. The Bertz CT molecular complexity index is 533. The maximum Gasteiger partial charge on any atom is 0.306 e. The van der Waals surface area contributed by atoms with E-state index in [9.17, 15) is 17.8 Å². The van der Waals surface area contributed by atoms with Crippen molar-refractivity contribution >= 4 is 23.2 Å². The van der Waals surface area contributed by atoms with Crippen LogP contribution in [0.2, 0.25) is 0 Å². The number of unbranched alkanes of at least 4 members (excludes halogenated alkanes) is 1. The summed E-state index contributed by atoms with van der Waals surface area (Å²) in [5, 5.41) is 0.844. The summed E-state index contributed by atoms with van der Waals surface area (Å²) in [6, 6.07) is 0. The van der Waals surface area contributed by atoms with Gasteiger partial charge < -0.3 is 9.26 Å². The molecule has 0 aromatic rings. The highest BCUT2D eigenvalue weighted by Crippen LogP contribution is 2.47. The molecule has 0 aliphatic rings. The molecule has 6 nitrogen and oxygen atoms in total. The molecule has 0 saturated carbocycles. The van der Waals surface area contributed by atoms with E-state index in [2.05, 4.69) is 6.58 Å². The zero-order chi connectivity index (χ0) is 18.1. The van der Waals surface area contributed by atoms with Crippen molar-refractivity contribution in [3.63, 3.8) is 0 Å². The van der Waals surface area contributed by atoms with Crippen LogP contribution in [0.15, 0.2) is 12.0 Å². The van der Waals surface area contributed by atoms with Crippen LogP contribution in [-0.2, 0) is 28.5 Å². The Balaban J connectivity index is 4.75. The molecule has 0 bridgehead atoms. The van der Waals surface area contributed by atoms with E-state index in [0.29, 0.717) is 0 Å². The fourth-order valence-electron chi connectivity index (χ4n) is 1.62. The number of rotatable bonds is 11. The van der Waals surface area contributed by atoms with Gasteiger partial charge in [0.15, 0.2) is 9.84 Å². The lowest BCUT2D eigenvalue weighted by Crippen LogP contribution is -2.24. The lowest BCUT2D eigenvalue weighted by atomic mass is 10.2. The summed E-state index contributed by atoms with van der Waals surface area (Å²) in [4.78, 5) is 11.8. The van der Waals surface area contributed by atoms with Crippen LogP contribution in [0, 0.1) is 0 Å². The average molecular weight is 368 g/mol. The topological polar surface area (TPSA) is 86.7 Å². The first-order valence-electron chi connectivity index (χ1n) is 7.73. The lowest BCUT2D eigenvalue weighted by Gasteiger charge is -2.21. The minimum absolute atomic E-state index is 0.0156. The molecular formula is C15H29O6PS. The second-order valence-corrected chi connectivity index (χ2v) is 11.2. The Morgan fingerprint density at radius 3 is 2.35 bits per heavy atom. The van der Waals surface area contributed by atoms with Crippen LogP contribution in [0.3, 0.4) is 0 Å². The van der Waals surface area contributed by atoms with Crippen molar-refractivity contribution in [2.45, 2.75) is 52.6 Å². The molecule has 1 atom stereocenters. The summed E-state index contributed by atoms with van der Waals surface area (Å²) < 4.78 is 46.4. The van der Waals surface area contributed by atoms with E-state index in [-0.39, 0.29) is 31.1 Å². The number of ether oxygens (including phenoxy) is 1. The van der Waals surface area contributed by atoms with Gasteiger partial charge in [0.05, 0.1) is 18.8 Å². The third-order valence-corrected chi connectivity index (χ3v) is 6.92. The third-order valence-electron chi connectivity index (χ3n) is 2.87. The highest BCUT2D eigenvalue weighted by atomic mass is 32.2. The number of esters is 1. The quantitative estimate of drug-likeness (QED) is 0.316. The Kier molecular flexibility index (Phi) is 9.33. The fraction of sp³-hybridized carbons (Fsp3) is 0.800. The van der Waals surface area contributed by atoms with Gasteiger partial charge in [-0.3, -0.25) is 9.36 Å². The summed E-state index contributed by atoms with van der Waals surface area (Å²) in [7, 11) is -6.66. The van der Waals surface area contributed by atoms with E-state index >= 15 is 0 Å². The maximum absolute atomic E-state index is 12.8. The Labute approximate surface area is 140 Å². The molecule has 0 N–H and O–H groups in total. The molecule has 0 unspecified atom stereocenters. The molecule has 0 aromatic heterocycles. The molecule has 0 aliphatic carbocycles. The van der Waals surface area contributed by atoms with Crippen LogP contribution in [0.5, 0.6) is 0 Å². The standard InChI is InChI=1S/C15H29O6PS/c1-6-8-10-20-22(17,12-13-23(18,19)7-2)11-9-14(16)21-15(3,4)5/h7H,2,6,8-13H2,1,3-5H3/t22-/m0/s1.